The van der Waals surface area contributed by atoms with Crippen LogP contribution in [0.4, 0.5) is 8.78 Å². The third-order valence-corrected chi connectivity index (χ3v) is 6.53. The van der Waals surface area contributed by atoms with E-state index in [-0.39, 0.29) is 16.5 Å². The molecule has 0 saturated carbocycles. The second kappa shape index (κ2) is 7.12. The van der Waals surface area contributed by atoms with Gasteiger partial charge in [0.15, 0.2) is 0 Å². The number of hydrogen-bond acceptors (Lipinski definition) is 1. The molecule has 0 aliphatic rings. The number of rotatable bonds is 5. The summed E-state index contributed by atoms with van der Waals surface area (Å²) in [6.07, 6.45) is 0.689. The van der Waals surface area contributed by atoms with Crippen LogP contribution in [0.25, 0.3) is 10.8 Å². The monoisotopic (exact) mass is 484 g/mol. The highest BCUT2D eigenvalue weighted by atomic mass is 79.9. The Bertz CT molecular complexity index is 834. The predicted molar refractivity (Wildman–Crippen MR) is 99.0 cm³/mol. The molecule has 132 valence electrons. The average Bonchev–Trinajstić information content (AvgIpc) is 2.51. The molecule has 0 heterocycles. The lowest BCUT2D eigenvalue weighted by molar-refractivity contribution is 0.0549. The molecule has 2 rings (SSSR count). The van der Waals surface area contributed by atoms with Gasteiger partial charge in [-0.1, -0.05) is 48.0 Å². The van der Waals surface area contributed by atoms with Crippen LogP contribution in [0.5, 0.6) is 0 Å². The molecule has 0 aromatic heterocycles. The Balaban J connectivity index is 3.04. The molecule has 2 aromatic rings. The van der Waals surface area contributed by atoms with Crippen LogP contribution in [0.3, 0.4) is 0 Å². The third-order valence-electron chi connectivity index (χ3n) is 4.05. The van der Waals surface area contributed by atoms with E-state index in [1.807, 2.05) is 19.1 Å². The highest BCUT2D eigenvalue weighted by Gasteiger charge is 2.53. The summed E-state index contributed by atoms with van der Waals surface area (Å²) in [6, 6.07) is 5.57. The van der Waals surface area contributed by atoms with E-state index in [1.165, 1.54) is 0 Å². The predicted octanol–water partition coefficient (Wildman–Crippen LogP) is 5.85. The van der Waals surface area contributed by atoms with Gasteiger partial charge >= 0.3 is 13.3 Å². The van der Waals surface area contributed by atoms with Crippen LogP contribution < -0.4 is 0 Å². The van der Waals surface area contributed by atoms with E-state index in [0.29, 0.717) is 22.7 Å². The minimum Gasteiger partial charge on any atom is -0.320 e. The lowest BCUT2D eigenvalue weighted by atomic mass is 9.91. The maximum absolute atomic E-state index is 14.6. The molecular formula is C16H17Br2F2O3P. The molecule has 2 N–H and O–H groups in total. The van der Waals surface area contributed by atoms with Crippen LogP contribution in [0.2, 0.25) is 0 Å². The molecule has 3 nitrogen and oxygen atoms in total. The van der Waals surface area contributed by atoms with Crippen LogP contribution in [0, 0.1) is 0 Å². The Labute approximate surface area is 155 Å². The summed E-state index contributed by atoms with van der Waals surface area (Å²) in [7, 11) is -5.66. The number of hydrogen-bond donors (Lipinski definition) is 2. The van der Waals surface area contributed by atoms with Gasteiger partial charge in [-0.05, 0) is 56.2 Å². The van der Waals surface area contributed by atoms with E-state index in [2.05, 4.69) is 31.9 Å². The van der Waals surface area contributed by atoms with Gasteiger partial charge in [-0.15, -0.1) is 0 Å². The first-order valence-electron chi connectivity index (χ1n) is 7.35. The number of aryl methyl sites for hydroxylation is 2. The molecule has 8 heteroatoms. The zero-order valence-corrected chi connectivity index (χ0v) is 17.2. The van der Waals surface area contributed by atoms with Crippen molar-refractivity contribution in [2.24, 2.45) is 0 Å². The molecule has 0 radical (unpaired) electrons. The summed E-state index contributed by atoms with van der Waals surface area (Å²) >= 11 is 6.53. The molecule has 0 atom stereocenters. The summed E-state index contributed by atoms with van der Waals surface area (Å²) in [6.45, 7) is 3.52. The van der Waals surface area contributed by atoms with Crippen molar-refractivity contribution in [2.75, 3.05) is 0 Å². The van der Waals surface area contributed by atoms with Crippen LogP contribution in [-0.2, 0) is 28.4 Å². The molecule has 0 unspecified atom stereocenters. The highest BCUT2D eigenvalue weighted by Crippen LogP contribution is 2.62. The lowest BCUT2D eigenvalue weighted by Crippen LogP contribution is -2.18. The van der Waals surface area contributed by atoms with Crippen LogP contribution in [-0.4, -0.2) is 9.79 Å². The van der Waals surface area contributed by atoms with Gasteiger partial charge in [0.25, 0.3) is 0 Å². The lowest BCUT2D eigenvalue weighted by Gasteiger charge is -2.25. The average molecular weight is 486 g/mol. The SMILES string of the molecule is CCc1c(Br)c(C(F)(F)P(=O)(O)O)c(CC)c2cc(CBr)ccc12. The second-order valence-electron chi connectivity index (χ2n) is 5.45. The zero-order chi connectivity index (χ0) is 18.3. The molecule has 0 amide bonds. The molecule has 24 heavy (non-hydrogen) atoms. The Morgan fingerprint density at radius 3 is 2.17 bits per heavy atom. The summed E-state index contributed by atoms with van der Waals surface area (Å²) in [5, 5.41) is 1.99. The van der Waals surface area contributed by atoms with Crippen molar-refractivity contribution in [2.45, 2.75) is 37.7 Å². The van der Waals surface area contributed by atoms with Crippen LogP contribution in [0.15, 0.2) is 22.7 Å². The summed E-state index contributed by atoms with van der Waals surface area (Å²) in [5.41, 5.74) is -3.07. The quantitative estimate of drug-likeness (QED) is 0.412. The van der Waals surface area contributed by atoms with E-state index in [1.54, 1.807) is 13.0 Å². The Morgan fingerprint density at radius 1 is 1.12 bits per heavy atom. The standard InChI is InChI=1S/C16H17Br2F2O3P/c1-3-10-13-7-9(8-17)5-6-12(13)11(4-2)15(18)14(10)16(19,20)24(21,22)23/h5-7H,3-4,8H2,1-2H3,(H2,21,22,23). The minimum atomic E-state index is -5.66. The largest absolute Gasteiger partial charge is 0.399 e. The topological polar surface area (TPSA) is 57.5 Å². The molecule has 0 bridgehead atoms. The molecule has 2 aromatic carbocycles. The van der Waals surface area contributed by atoms with E-state index in [4.69, 9.17) is 0 Å². The fraction of sp³-hybridized carbons (Fsp3) is 0.375. The molecular weight excluding hydrogens is 469 g/mol. The molecule has 0 fully saturated rings. The van der Waals surface area contributed by atoms with Crippen molar-refractivity contribution in [3.05, 3.63) is 44.9 Å². The Kier molecular flexibility index (Phi) is 5.93. The van der Waals surface area contributed by atoms with Gasteiger partial charge in [0, 0.05) is 9.80 Å². The van der Waals surface area contributed by atoms with Crippen molar-refractivity contribution < 1.29 is 23.1 Å². The maximum atomic E-state index is 14.6. The first-order chi connectivity index (χ1) is 11.1. The van der Waals surface area contributed by atoms with Gasteiger partial charge in [-0.2, -0.15) is 8.78 Å². The second-order valence-corrected chi connectivity index (χ2v) is 8.46. The fourth-order valence-electron chi connectivity index (χ4n) is 2.90. The maximum Gasteiger partial charge on any atom is 0.399 e. The number of alkyl halides is 3. The van der Waals surface area contributed by atoms with E-state index < -0.39 is 18.8 Å². The van der Waals surface area contributed by atoms with Gasteiger partial charge in [-0.25, -0.2) is 0 Å². The Hall–Kier alpha value is -0.330. The van der Waals surface area contributed by atoms with Gasteiger partial charge < -0.3 is 9.79 Å². The first kappa shape index (κ1) is 20.0. The normalized spacial score (nSPS) is 12.8. The van der Waals surface area contributed by atoms with E-state index in [0.717, 1.165) is 10.9 Å². The summed E-state index contributed by atoms with van der Waals surface area (Å²) < 4.78 is 40.7. The Morgan fingerprint density at radius 2 is 1.71 bits per heavy atom. The van der Waals surface area contributed by atoms with Gasteiger partial charge in [0.05, 0.1) is 5.56 Å². The highest BCUT2D eigenvalue weighted by molar-refractivity contribution is 9.10. The van der Waals surface area contributed by atoms with Crippen molar-refractivity contribution in [3.8, 4) is 0 Å². The van der Waals surface area contributed by atoms with Crippen molar-refractivity contribution in [1.29, 1.82) is 0 Å². The van der Waals surface area contributed by atoms with Crippen LogP contribution >= 0.6 is 39.5 Å². The number of benzene rings is 2. The van der Waals surface area contributed by atoms with Crippen molar-refractivity contribution >= 4 is 50.2 Å². The molecule has 0 aliphatic heterocycles. The van der Waals surface area contributed by atoms with Gasteiger partial charge in [-0.3, -0.25) is 4.57 Å². The molecule has 0 saturated heterocycles. The zero-order valence-electron chi connectivity index (χ0n) is 13.1. The van der Waals surface area contributed by atoms with Gasteiger partial charge in [0.2, 0.25) is 0 Å². The van der Waals surface area contributed by atoms with Crippen molar-refractivity contribution in [3.63, 3.8) is 0 Å². The van der Waals surface area contributed by atoms with Gasteiger partial charge in [0.1, 0.15) is 0 Å². The van der Waals surface area contributed by atoms with E-state index >= 15 is 0 Å². The number of fused-ring (bicyclic) bond motifs is 1. The van der Waals surface area contributed by atoms with E-state index in [9.17, 15) is 23.1 Å². The first-order valence-corrected chi connectivity index (χ1v) is 10.9. The fourth-order valence-corrected chi connectivity index (χ4v) is 4.92. The number of halogens is 4. The summed E-state index contributed by atoms with van der Waals surface area (Å²) in [4.78, 5) is 18.4. The minimum absolute atomic E-state index is 0.0780. The van der Waals surface area contributed by atoms with Crippen molar-refractivity contribution in [1.82, 2.24) is 0 Å². The third kappa shape index (κ3) is 3.21. The summed E-state index contributed by atoms with van der Waals surface area (Å²) in [5.74, 6) is 0. The molecule has 0 spiro atoms. The molecule has 0 aliphatic carbocycles. The van der Waals surface area contributed by atoms with Crippen LogP contribution in [0.1, 0.15) is 36.1 Å². The smallest absolute Gasteiger partial charge is 0.320 e.